The zero-order chi connectivity index (χ0) is 22.4. The topological polar surface area (TPSA) is 32.8 Å². The maximum absolute atomic E-state index is 12.7. The van der Waals surface area contributed by atoms with Crippen molar-refractivity contribution in [3.63, 3.8) is 0 Å². The molecule has 0 saturated heterocycles. The molecule has 20 heteroatoms. The molecule has 0 aromatic heterocycles. The number of nitrogens with zero attached hydrogens (tertiary/aromatic N) is 2. The molecule has 0 aliphatic heterocycles. The molecule has 0 fully saturated rings. The van der Waals surface area contributed by atoms with E-state index in [4.69, 9.17) is 0 Å². The molecular formula is C7F16N2O2. The minimum atomic E-state index is -7.77. The first-order valence-corrected chi connectivity index (χ1v) is 5.23. The quantitative estimate of drug-likeness (QED) is 0.211. The van der Waals surface area contributed by atoms with E-state index in [-0.39, 0.29) is 0 Å². The molecular weight excluding hydrogens is 448 g/mol. The van der Waals surface area contributed by atoms with Gasteiger partial charge in [0.2, 0.25) is 0 Å². The molecule has 0 aromatic carbocycles. The van der Waals surface area contributed by atoms with Crippen LogP contribution in [-0.2, 0) is 9.63 Å². The van der Waals surface area contributed by atoms with Crippen LogP contribution in [0.5, 0.6) is 0 Å². The van der Waals surface area contributed by atoms with Crippen LogP contribution >= 0.6 is 0 Å². The van der Waals surface area contributed by atoms with Crippen LogP contribution in [0.15, 0.2) is 0 Å². The van der Waals surface area contributed by atoms with Crippen LogP contribution in [0.1, 0.15) is 0 Å². The van der Waals surface area contributed by atoms with E-state index in [1.807, 2.05) is 0 Å². The smallest absolute Gasteiger partial charge is 0.256 e. The van der Waals surface area contributed by atoms with Gasteiger partial charge in [-0.05, 0) is 0 Å². The Hall–Kier alpha value is -1.57. The monoisotopic (exact) mass is 448 g/mol. The summed E-state index contributed by atoms with van der Waals surface area (Å²) in [6.45, 7) is 0. The molecule has 1 atom stereocenters. The fraction of sp³-hybridized carbons (Fsp3) is 0.857. The second-order valence-corrected chi connectivity index (χ2v) is 4.01. The minimum absolute atomic E-state index is 1.73. The second kappa shape index (κ2) is 6.79. The Morgan fingerprint density at radius 2 is 0.889 bits per heavy atom. The lowest BCUT2D eigenvalue weighted by atomic mass is 10.2. The minimum Gasteiger partial charge on any atom is -0.256 e. The van der Waals surface area contributed by atoms with Crippen molar-refractivity contribution in [2.75, 3.05) is 0 Å². The molecule has 0 aliphatic rings. The lowest BCUT2D eigenvalue weighted by Gasteiger charge is -2.43. The van der Waals surface area contributed by atoms with Gasteiger partial charge in [0.15, 0.2) is 0 Å². The van der Waals surface area contributed by atoms with Crippen molar-refractivity contribution in [3.8, 4) is 0 Å². The van der Waals surface area contributed by atoms with Crippen molar-refractivity contribution in [2.45, 2.75) is 37.1 Å². The second-order valence-electron chi connectivity index (χ2n) is 4.01. The van der Waals surface area contributed by atoms with E-state index in [0.717, 1.165) is 0 Å². The summed E-state index contributed by atoms with van der Waals surface area (Å²) in [7, 11) is 0. The van der Waals surface area contributed by atoms with Crippen molar-refractivity contribution < 1.29 is 79.9 Å². The predicted molar refractivity (Wildman–Crippen MR) is 43.9 cm³/mol. The number of carbonyl (C=O) groups excluding carboxylic acids is 1. The number of rotatable bonds is 4. The van der Waals surface area contributed by atoms with E-state index >= 15 is 0 Å². The van der Waals surface area contributed by atoms with Crippen molar-refractivity contribution in [3.05, 3.63) is 0 Å². The average Bonchev–Trinajstić information content (AvgIpc) is 2.24. The zero-order valence-electron chi connectivity index (χ0n) is 11.3. The van der Waals surface area contributed by atoms with Gasteiger partial charge >= 0.3 is 43.1 Å². The first kappa shape index (κ1) is 25.4. The summed E-state index contributed by atoms with van der Waals surface area (Å²) in [5, 5.41) is -3.95. The van der Waals surface area contributed by atoms with Crippen LogP contribution in [0.3, 0.4) is 0 Å². The highest BCUT2D eigenvalue weighted by molar-refractivity contribution is 5.79. The Balaban J connectivity index is 7.05. The molecule has 0 amide bonds. The summed E-state index contributed by atoms with van der Waals surface area (Å²) in [5.74, 6) is 0. The normalized spacial score (nSPS) is 17.4. The first-order chi connectivity index (χ1) is 11.4. The number of hydrogen-bond donors (Lipinski definition) is 0. The number of hydroxylamine groups is 2. The third-order valence-corrected chi connectivity index (χ3v) is 2.16. The van der Waals surface area contributed by atoms with Gasteiger partial charge in [0, 0.05) is 5.06 Å². The van der Waals surface area contributed by atoms with E-state index in [9.17, 15) is 75.0 Å². The Bertz CT molecular complexity index is 511. The zero-order valence-corrected chi connectivity index (χ0v) is 11.3. The van der Waals surface area contributed by atoms with Gasteiger partial charge in [-0.1, -0.05) is 4.90 Å². The third kappa shape index (κ3) is 5.24. The molecule has 0 bridgehead atoms. The van der Waals surface area contributed by atoms with Gasteiger partial charge in [-0.2, -0.15) is 70.2 Å². The summed E-state index contributed by atoms with van der Waals surface area (Å²) < 4.78 is 198. The van der Waals surface area contributed by atoms with Crippen LogP contribution in [0.25, 0.3) is 0 Å². The lowest BCUT2D eigenvalue weighted by molar-refractivity contribution is -0.558. The molecule has 0 heterocycles. The molecule has 162 valence electrons. The maximum atomic E-state index is 12.7. The molecule has 4 nitrogen and oxygen atoms in total. The number of carbonyl (C=O) groups is 1. The number of alkyl halides is 15. The molecule has 0 radical (unpaired) electrons. The summed E-state index contributed by atoms with van der Waals surface area (Å²) in [4.78, 5) is 7.81. The van der Waals surface area contributed by atoms with E-state index in [1.165, 1.54) is 0 Å². The first-order valence-electron chi connectivity index (χ1n) is 5.23. The standard InChI is InChI=1S/C7F16N2O2/c8-1(26)2(3(9,10)11,24(4(12,13)14)5(15,16)17)27-25(6(18,19)20)7(21,22)23. The van der Waals surface area contributed by atoms with Crippen molar-refractivity contribution >= 4 is 6.04 Å². The number of halogens is 16. The molecule has 1 unspecified atom stereocenters. The van der Waals surface area contributed by atoms with Gasteiger partial charge in [0.25, 0.3) is 0 Å². The SMILES string of the molecule is O=C(F)C(ON(C(F)(F)F)C(F)(F)F)(N(C(F)(F)F)C(F)(F)F)C(F)(F)F. The molecule has 0 spiro atoms. The fourth-order valence-corrected chi connectivity index (χ4v) is 1.33. The van der Waals surface area contributed by atoms with E-state index in [2.05, 4.69) is 0 Å². The highest BCUT2D eigenvalue weighted by atomic mass is 19.4. The lowest BCUT2D eigenvalue weighted by Crippen LogP contribution is -2.74. The average molecular weight is 448 g/mol. The Morgan fingerprint density at radius 3 is 1.04 bits per heavy atom. The van der Waals surface area contributed by atoms with Crippen LogP contribution in [0, 0.1) is 0 Å². The molecule has 0 rings (SSSR count). The van der Waals surface area contributed by atoms with E-state index in [0.29, 0.717) is 0 Å². The van der Waals surface area contributed by atoms with Crippen LogP contribution < -0.4 is 0 Å². The molecule has 0 aromatic rings. The van der Waals surface area contributed by atoms with Crippen LogP contribution in [-0.4, -0.2) is 53.1 Å². The summed E-state index contributed by atoms with van der Waals surface area (Å²) >= 11 is 0. The summed E-state index contributed by atoms with van der Waals surface area (Å²) in [6, 6.07) is -5.04. The Kier molecular flexibility index (Phi) is 6.40. The maximum Gasteiger partial charge on any atom is 0.490 e. The Labute approximate surface area is 134 Å². The molecule has 27 heavy (non-hydrogen) atoms. The van der Waals surface area contributed by atoms with Gasteiger partial charge in [0.05, 0.1) is 0 Å². The molecule has 0 saturated carbocycles. The van der Waals surface area contributed by atoms with Gasteiger partial charge in [0.1, 0.15) is 0 Å². The van der Waals surface area contributed by atoms with Crippen LogP contribution in [0.2, 0.25) is 0 Å². The highest BCUT2D eigenvalue weighted by Crippen LogP contribution is 2.51. The van der Waals surface area contributed by atoms with Gasteiger partial charge < -0.3 is 0 Å². The van der Waals surface area contributed by atoms with E-state index < -0.39 is 53.1 Å². The van der Waals surface area contributed by atoms with Crippen molar-refractivity contribution in [1.82, 2.24) is 9.96 Å². The Morgan fingerprint density at radius 1 is 0.593 bits per heavy atom. The van der Waals surface area contributed by atoms with Crippen LogP contribution in [0.4, 0.5) is 70.2 Å². The molecule has 0 N–H and O–H groups in total. The third-order valence-electron chi connectivity index (χ3n) is 2.16. The van der Waals surface area contributed by atoms with E-state index in [1.54, 1.807) is 4.84 Å². The van der Waals surface area contributed by atoms with Crippen molar-refractivity contribution in [2.24, 2.45) is 0 Å². The van der Waals surface area contributed by atoms with Gasteiger partial charge in [-0.15, -0.1) is 0 Å². The van der Waals surface area contributed by atoms with Crippen molar-refractivity contribution in [1.29, 1.82) is 0 Å². The predicted octanol–water partition coefficient (Wildman–Crippen LogP) is 4.36. The largest absolute Gasteiger partial charge is 0.490 e. The number of hydrogen-bond acceptors (Lipinski definition) is 4. The molecule has 0 aliphatic carbocycles. The van der Waals surface area contributed by atoms with Gasteiger partial charge in [-0.3, -0.25) is 4.79 Å². The van der Waals surface area contributed by atoms with Gasteiger partial charge in [-0.25, -0.2) is 4.84 Å². The fourth-order valence-electron chi connectivity index (χ4n) is 1.33. The summed E-state index contributed by atoms with van der Waals surface area (Å²) in [5.41, 5.74) is -7.48. The highest BCUT2D eigenvalue weighted by Gasteiger charge is 2.81. The summed E-state index contributed by atoms with van der Waals surface area (Å²) in [6.07, 6.45) is -37.6.